The Hall–Kier alpha value is -1.40. The number of aromatic nitrogens is 2. The van der Waals surface area contributed by atoms with Crippen LogP contribution >= 0.6 is 0 Å². The lowest BCUT2D eigenvalue weighted by molar-refractivity contribution is -0.0672. The molecule has 21 heavy (non-hydrogen) atoms. The molecule has 0 spiro atoms. The number of nitrogens with zero attached hydrogens (tertiary/aromatic N) is 2. The number of H-pyrrole nitrogens is 1. The molecule has 118 valence electrons. The summed E-state index contributed by atoms with van der Waals surface area (Å²) in [6.45, 7) is 9.59. The highest BCUT2D eigenvalue weighted by atomic mass is 16.5. The molecule has 1 aromatic rings. The standard InChI is InChI=1S/C15H26N4O2/c1-4-5-13-8-14(18-17-13)15(20)16-6-7-19-9-11(2)21-12(3)10-19/h8,11-12H,4-7,9-10H2,1-3H3,(H,16,20)(H,17,18)/t11-,12-/m1/s1. The summed E-state index contributed by atoms with van der Waals surface area (Å²) in [6, 6.07) is 1.83. The fourth-order valence-electron chi connectivity index (χ4n) is 2.76. The second-order valence-corrected chi connectivity index (χ2v) is 5.80. The smallest absolute Gasteiger partial charge is 0.271 e. The van der Waals surface area contributed by atoms with Crippen molar-refractivity contribution >= 4 is 5.91 Å². The molecule has 0 aromatic carbocycles. The van der Waals surface area contributed by atoms with Gasteiger partial charge in [0.2, 0.25) is 0 Å². The maximum atomic E-state index is 12.0. The van der Waals surface area contributed by atoms with E-state index in [1.54, 1.807) is 0 Å². The molecule has 2 N–H and O–H groups in total. The van der Waals surface area contributed by atoms with Crippen LogP contribution in [-0.2, 0) is 11.2 Å². The zero-order valence-electron chi connectivity index (χ0n) is 13.2. The Kier molecular flexibility index (Phi) is 5.76. The quantitative estimate of drug-likeness (QED) is 0.827. The topological polar surface area (TPSA) is 70.2 Å². The van der Waals surface area contributed by atoms with Crippen LogP contribution in [0.1, 0.15) is 43.4 Å². The van der Waals surface area contributed by atoms with E-state index in [9.17, 15) is 4.79 Å². The highest BCUT2D eigenvalue weighted by Crippen LogP contribution is 2.09. The lowest BCUT2D eigenvalue weighted by Crippen LogP contribution is -2.47. The van der Waals surface area contributed by atoms with Crippen LogP contribution in [0.15, 0.2) is 6.07 Å². The SMILES string of the molecule is CCCc1cc(C(=O)NCCN2C[C@@H](C)O[C@H](C)C2)n[nH]1. The van der Waals surface area contributed by atoms with Crippen molar-refractivity contribution in [2.45, 2.75) is 45.8 Å². The number of carbonyl (C=O) groups is 1. The Morgan fingerprint density at radius 3 is 2.86 bits per heavy atom. The van der Waals surface area contributed by atoms with Gasteiger partial charge in [-0.05, 0) is 26.3 Å². The van der Waals surface area contributed by atoms with Gasteiger partial charge in [-0.3, -0.25) is 14.8 Å². The van der Waals surface area contributed by atoms with E-state index in [1.165, 1.54) is 0 Å². The first-order valence-corrected chi connectivity index (χ1v) is 7.78. The van der Waals surface area contributed by atoms with Crippen molar-refractivity contribution in [3.63, 3.8) is 0 Å². The summed E-state index contributed by atoms with van der Waals surface area (Å²) in [7, 11) is 0. The molecule has 2 rings (SSSR count). The monoisotopic (exact) mass is 294 g/mol. The fraction of sp³-hybridized carbons (Fsp3) is 0.733. The highest BCUT2D eigenvalue weighted by molar-refractivity contribution is 5.92. The fourth-order valence-corrected chi connectivity index (χ4v) is 2.76. The van der Waals surface area contributed by atoms with Crippen LogP contribution in [0.2, 0.25) is 0 Å². The van der Waals surface area contributed by atoms with Crippen molar-refractivity contribution in [2.24, 2.45) is 0 Å². The first-order chi connectivity index (χ1) is 10.1. The molecule has 1 fully saturated rings. The number of hydrogen-bond donors (Lipinski definition) is 2. The molecule has 1 aliphatic rings. The maximum absolute atomic E-state index is 12.0. The first-order valence-electron chi connectivity index (χ1n) is 7.78. The number of aromatic amines is 1. The average Bonchev–Trinajstić information content (AvgIpc) is 2.86. The largest absolute Gasteiger partial charge is 0.373 e. The third kappa shape index (κ3) is 4.82. The minimum Gasteiger partial charge on any atom is -0.373 e. The van der Waals surface area contributed by atoms with Gasteiger partial charge in [0.05, 0.1) is 12.2 Å². The van der Waals surface area contributed by atoms with Gasteiger partial charge >= 0.3 is 0 Å². The van der Waals surface area contributed by atoms with E-state index in [4.69, 9.17) is 4.74 Å². The minimum absolute atomic E-state index is 0.108. The Morgan fingerprint density at radius 1 is 1.48 bits per heavy atom. The number of morpholine rings is 1. The van der Waals surface area contributed by atoms with Gasteiger partial charge < -0.3 is 10.1 Å². The van der Waals surface area contributed by atoms with Gasteiger partial charge in [0, 0.05) is 31.9 Å². The zero-order valence-corrected chi connectivity index (χ0v) is 13.2. The molecule has 0 bridgehead atoms. The van der Waals surface area contributed by atoms with Crippen molar-refractivity contribution < 1.29 is 9.53 Å². The zero-order chi connectivity index (χ0) is 15.2. The molecule has 2 heterocycles. The number of aryl methyl sites for hydroxylation is 1. The molecular formula is C15H26N4O2. The van der Waals surface area contributed by atoms with Crippen LogP contribution in [0, 0.1) is 0 Å². The minimum atomic E-state index is -0.108. The normalized spacial score (nSPS) is 23.2. The van der Waals surface area contributed by atoms with Crippen LogP contribution in [-0.4, -0.2) is 59.4 Å². The summed E-state index contributed by atoms with van der Waals surface area (Å²) >= 11 is 0. The molecule has 1 saturated heterocycles. The number of amides is 1. The van der Waals surface area contributed by atoms with Crippen LogP contribution < -0.4 is 5.32 Å². The van der Waals surface area contributed by atoms with Gasteiger partial charge in [-0.15, -0.1) is 0 Å². The highest BCUT2D eigenvalue weighted by Gasteiger charge is 2.21. The summed E-state index contributed by atoms with van der Waals surface area (Å²) in [5, 5.41) is 9.88. The molecule has 0 radical (unpaired) electrons. The Labute approximate surface area is 126 Å². The van der Waals surface area contributed by atoms with E-state index in [0.29, 0.717) is 12.2 Å². The Morgan fingerprint density at radius 2 is 2.19 bits per heavy atom. The maximum Gasteiger partial charge on any atom is 0.271 e. The summed E-state index contributed by atoms with van der Waals surface area (Å²) < 4.78 is 5.70. The van der Waals surface area contributed by atoms with E-state index >= 15 is 0 Å². The summed E-state index contributed by atoms with van der Waals surface area (Å²) in [6.07, 6.45) is 2.47. The third-order valence-corrected chi connectivity index (χ3v) is 3.59. The molecule has 1 aromatic heterocycles. The summed E-state index contributed by atoms with van der Waals surface area (Å²) in [5.41, 5.74) is 1.49. The number of hydrogen-bond acceptors (Lipinski definition) is 4. The Balaban J connectivity index is 1.73. The van der Waals surface area contributed by atoms with Crippen molar-refractivity contribution in [1.82, 2.24) is 20.4 Å². The van der Waals surface area contributed by atoms with E-state index in [2.05, 4.69) is 41.2 Å². The average molecular weight is 294 g/mol. The van der Waals surface area contributed by atoms with Gasteiger partial charge in [-0.1, -0.05) is 13.3 Å². The number of rotatable bonds is 6. The van der Waals surface area contributed by atoms with E-state index in [1.807, 2.05) is 6.07 Å². The van der Waals surface area contributed by atoms with Crippen LogP contribution in [0.3, 0.4) is 0 Å². The lowest BCUT2D eigenvalue weighted by Gasteiger charge is -2.35. The van der Waals surface area contributed by atoms with Crippen LogP contribution in [0.25, 0.3) is 0 Å². The summed E-state index contributed by atoms with van der Waals surface area (Å²) in [4.78, 5) is 14.3. The van der Waals surface area contributed by atoms with Gasteiger partial charge in [-0.25, -0.2) is 0 Å². The number of nitrogens with one attached hydrogen (secondary N) is 2. The molecule has 2 atom stereocenters. The predicted octanol–water partition coefficient (Wildman–Crippen LogP) is 1.20. The first kappa shape index (κ1) is 16.0. The van der Waals surface area contributed by atoms with Crippen molar-refractivity contribution in [1.29, 1.82) is 0 Å². The van der Waals surface area contributed by atoms with E-state index < -0.39 is 0 Å². The number of ether oxygens (including phenoxy) is 1. The van der Waals surface area contributed by atoms with Gasteiger partial charge in [0.1, 0.15) is 5.69 Å². The summed E-state index contributed by atoms with van der Waals surface area (Å²) in [5.74, 6) is -0.108. The van der Waals surface area contributed by atoms with Crippen LogP contribution in [0.5, 0.6) is 0 Å². The van der Waals surface area contributed by atoms with Gasteiger partial charge in [0.15, 0.2) is 0 Å². The molecule has 1 aliphatic heterocycles. The van der Waals surface area contributed by atoms with Gasteiger partial charge in [0.25, 0.3) is 5.91 Å². The molecule has 1 amide bonds. The molecule has 0 saturated carbocycles. The van der Waals surface area contributed by atoms with E-state index in [0.717, 1.165) is 38.2 Å². The van der Waals surface area contributed by atoms with Crippen molar-refractivity contribution in [3.8, 4) is 0 Å². The second-order valence-electron chi connectivity index (χ2n) is 5.80. The van der Waals surface area contributed by atoms with Crippen molar-refractivity contribution in [3.05, 3.63) is 17.5 Å². The molecule has 0 aliphatic carbocycles. The Bertz CT molecular complexity index is 450. The predicted molar refractivity (Wildman–Crippen MR) is 81.4 cm³/mol. The van der Waals surface area contributed by atoms with Gasteiger partial charge in [-0.2, -0.15) is 5.10 Å². The molecule has 6 nitrogen and oxygen atoms in total. The molecule has 6 heteroatoms. The third-order valence-electron chi connectivity index (χ3n) is 3.59. The number of carbonyl (C=O) groups excluding carboxylic acids is 1. The molecule has 0 unspecified atom stereocenters. The van der Waals surface area contributed by atoms with Crippen LogP contribution in [0.4, 0.5) is 0 Å². The van der Waals surface area contributed by atoms with Crippen molar-refractivity contribution in [2.75, 3.05) is 26.2 Å². The molecular weight excluding hydrogens is 268 g/mol. The second kappa shape index (κ2) is 7.56. The lowest BCUT2D eigenvalue weighted by atomic mass is 10.2. The van der Waals surface area contributed by atoms with E-state index in [-0.39, 0.29) is 18.1 Å².